The van der Waals surface area contributed by atoms with E-state index in [9.17, 15) is 24.3 Å². The molecule has 1 N–H and O–H groups in total. The first kappa shape index (κ1) is 31.5. The summed E-state index contributed by atoms with van der Waals surface area (Å²) in [6.07, 6.45) is 11.6. The van der Waals surface area contributed by atoms with Crippen molar-refractivity contribution in [2.24, 2.45) is 11.8 Å². The van der Waals surface area contributed by atoms with E-state index in [-0.39, 0.29) is 36.8 Å². The van der Waals surface area contributed by atoms with Crippen molar-refractivity contribution in [3.8, 4) is 0 Å². The highest BCUT2D eigenvalue weighted by Crippen LogP contribution is 2.56. The largest absolute Gasteiger partial charge is 0.455 e. The van der Waals surface area contributed by atoms with E-state index in [0.29, 0.717) is 13.0 Å². The standard InChI is InChI=1S/C35H45N3O7/c1-22(21-39)38-31-33(42)37(25-15-9-5-10-16-25)20-12-6-11-17-27(40)36(3)23(2)30(24-13-7-4-8-14-24)44-34(43)28-26-18-19-35(31,45-26)29(28)32(38)41/h4,6-8,12-14,18-19,22-23,25-26,28-31,39H,5,9-11,15-17,20-21H2,1-3H3/b12-6-/t22-,23-,26+,28-,29-,30+,31+,35-/m1/s1. The predicted octanol–water partition coefficient (Wildman–Crippen LogP) is 3.16. The minimum absolute atomic E-state index is 0.00147. The number of carbonyl (C=O) groups excluding carboxylic acids is 4. The lowest BCUT2D eigenvalue weighted by Crippen LogP contribution is -2.59. The maximum absolute atomic E-state index is 14.8. The summed E-state index contributed by atoms with van der Waals surface area (Å²) in [7, 11) is 1.72. The zero-order chi connectivity index (χ0) is 31.9. The third kappa shape index (κ3) is 5.39. The molecule has 242 valence electrons. The Kier molecular flexibility index (Phi) is 8.89. The van der Waals surface area contributed by atoms with Crippen LogP contribution in [0.4, 0.5) is 0 Å². The molecule has 10 nitrogen and oxygen atoms in total. The van der Waals surface area contributed by atoms with Gasteiger partial charge in [-0.1, -0.05) is 73.9 Å². The highest BCUT2D eigenvalue weighted by atomic mass is 16.6. The quantitative estimate of drug-likeness (QED) is 0.407. The number of carbonyl (C=O) groups is 4. The van der Waals surface area contributed by atoms with Gasteiger partial charge in [0, 0.05) is 26.1 Å². The number of benzene rings is 1. The molecule has 1 aliphatic carbocycles. The Morgan fingerprint density at radius 1 is 1.02 bits per heavy atom. The van der Waals surface area contributed by atoms with Crippen molar-refractivity contribution in [2.75, 3.05) is 20.2 Å². The molecule has 3 amide bonds. The second-order valence-electron chi connectivity index (χ2n) is 13.3. The maximum atomic E-state index is 14.8. The van der Waals surface area contributed by atoms with Crippen molar-refractivity contribution in [3.05, 3.63) is 60.2 Å². The molecule has 2 saturated heterocycles. The smallest absolute Gasteiger partial charge is 0.313 e. The highest BCUT2D eigenvalue weighted by molar-refractivity contribution is 5.99. The molecule has 6 rings (SSSR count). The van der Waals surface area contributed by atoms with Gasteiger partial charge in [0.1, 0.15) is 23.7 Å². The molecule has 1 spiro atoms. The molecule has 1 aromatic carbocycles. The predicted molar refractivity (Wildman–Crippen MR) is 165 cm³/mol. The van der Waals surface area contributed by atoms with Crippen LogP contribution in [0.5, 0.6) is 0 Å². The fraction of sp³-hybridized carbons (Fsp3) is 0.600. The van der Waals surface area contributed by atoms with Crippen LogP contribution in [0.15, 0.2) is 54.6 Å². The Bertz CT molecular complexity index is 1360. The lowest BCUT2D eigenvalue weighted by atomic mass is 9.74. The molecule has 1 aromatic rings. The second kappa shape index (κ2) is 12.7. The number of nitrogens with zero attached hydrogens (tertiary/aromatic N) is 3. The number of aliphatic hydroxyl groups is 1. The van der Waals surface area contributed by atoms with E-state index in [0.717, 1.165) is 37.7 Å². The van der Waals surface area contributed by atoms with Gasteiger partial charge in [-0.25, -0.2) is 0 Å². The Balaban J connectivity index is 1.44. The summed E-state index contributed by atoms with van der Waals surface area (Å²) in [4.78, 5) is 61.6. The summed E-state index contributed by atoms with van der Waals surface area (Å²) in [5, 5.41) is 10.3. The van der Waals surface area contributed by atoms with Crippen molar-refractivity contribution < 1.29 is 33.8 Å². The molecular weight excluding hydrogens is 574 g/mol. The molecule has 1 saturated carbocycles. The van der Waals surface area contributed by atoms with Crippen LogP contribution in [0, 0.1) is 11.8 Å². The number of fused-ring (bicyclic) bond motifs is 2. The monoisotopic (exact) mass is 619 g/mol. The van der Waals surface area contributed by atoms with E-state index in [1.807, 2.05) is 54.3 Å². The first-order valence-corrected chi connectivity index (χ1v) is 16.5. The van der Waals surface area contributed by atoms with E-state index in [2.05, 4.69) is 0 Å². The molecule has 10 heteroatoms. The summed E-state index contributed by atoms with van der Waals surface area (Å²) in [5.74, 6) is -3.27. The molecule has 4 aliphatic heterocycles. The number of ether oxygens (including phenoxy) is 2. The first-order valence-electron chi connectivity index (χ1n) is 16.5. The lowest BCUT2D eigenvalue weighted by Gasteiger charge is -2.41. The number of hydrogen-bond acceptors (Lipinski definition) is 7. The summed E-state index contributed by atoms with van der Waals surface area (Å²) < 4.78 is 12.8. The molecule has 45 heavy (non-hydrogen) atoms. The minimum Gasteiger partial charge on any atom is -0.455 e. The van der Waals surface area contributed by atoms with Crippen LogP contribution < -0.4 is 0 Å². The fourth-order valence-corrected chi connectivity index (χ4v) is 8.10. The molecule has 4 heterocycles. The minimum atomic E-state index is -1.35. The van der Waals surface area contributed by atoms with Gasteiger partial charge >= 0.3 is 5.97 Å². The van der Waals surface area contributed by atoms with Crippen molar-refractivity contribution >= 4 is 23.7 Å². The van der Waals surface area contributed by atoms with Crippen LogP contribution in [-0.2, 0) is 28.7 Å². The fourth-order valence-electron chi connectivity index (χ4n) is 8.10. The van der Waals surface area contributed by atoms with Gasteiger partial charge in [0.15, 0.2) is 0 Å². The Morgan fingerprint density at radius 3 is 2.47 bits per heavy atom. The third-order valence-corrected chi connectivity index (χ3v) is 10.7. The Hall–Kier alpha value is -3.50. The third-order valence-electron chi connectivity index (χ3n) is 10.7. The first-order chi connectivity index (χ1) is 21.7. The lowest BCUT2D eigenvalue weighted by molar-refractivity contribution is -0.164. The van der Waals surface area contributed by atoms with Gasteiger partial charge in [0.05, 0.1) is 30.7 Å². The van der Waals surface area contributed by atoms with Gasteiger partial charge in [0.2, 0.25) is 17.7 Å². The van der Waals surface area contributed by atoms with E-state index in [1.54, 1.807) is 31.0 Å². The highest BCUT2D eigenvalue weighted by Gasteiger charge is 2.74. The summed E-state index contributed by atoms with van der Waals surface area (Å²) in [6, 6.07) is 7.11. The Morgan fingerprint density at radius 2 is 1.76 bits per heavy atom. The van der Waals surface area contributed by atoms with Crippen molar-refractivity contribution in [1.82, 2.24) is 14.7 Å². The number of rotatable bonds is 4. The average molecular weight is 620 g/mol. The summed E-state index contributed by atoms with van der Waals surface area (Å²) >= 11 is 0. The number of aliphatic hydroxyl groups excluding tert-OH is 1. The van der Waals surface area contributed by atoms with Crippen LogP contribution >= 0.6 is 0 Å². The number of allylic oxidation sites excluding steroid dienone is 1. The Labute approximate surface area is 265 Å². The average Bonchev–Trinajstić information content (AvgIpc) is 3.71. The molecule has 0 radical (unpaired) electrons. The number of esters is 1. The molecule has 5 bridgehead atoms. The van der Waals surface area contributed by atoms with Gasteiger partial charge in [-0.3, -0.25) is 19.2 Å². The van der Waals surface area contributed by atoms with Crippen LogP contribution in [0.25, 0.3) is 0 Å². The molecule has 8 atom stereocenters. The van der Waals surface area contributed by atoms with Crippen molar-refractivity contribution in [1.29, 1.82) is 0 Å². The van der Waals surface area contributed by atoms with E-state index < -0.39 is 53.7 Å². The van der Waals surface area contributed by atoms with Crippen LogP contribution in [-0.4, -0.2) is 99.6 Å². The van der Waals surface area contributed by atoms with Gasteiger partial charge in [0.25, 0.3) is 0 Å². The van der Waals surface area contributed by atoms with Crippen LogP contribution in [0.2, 0.25) is 0 Å². The molecular formula is C35H45N3O7. The molecule has 3 fully saturated rings. The topological polar surface area (TPSA) is 117 Å². The number of likely N-dealkylation sites (tertiary alicyclic amines) is 1. The number of amides is 3. The van der Waals surface area contributed by atoms with E-state index >= 15 is 0 Å². The van der Waals surface area contributed by atoms with Crippen LogP contribution in [0.3, 0.4) is 0 Å². The normalized spacial score (nSPS) is 36.0. The number of likely N-dealkylation sites (N-methyl/N-ethyl adjacent to an activating group) is 1. The van der Waals surface area contributed by atoms with Crippen LogP contribution in [0.1, 0.15) is 70.5 Å². The van der Waals surface area contributed by atoms with Gasteiger partial charge in [-0.05, 0) is 38.7 Å². The zero-order valence-corrected chi connectivity index (χ0v) is 26.4. The maximum Gasteiger partial charge on any atom is 0.313 e. The van der Waals surface area contributed by atoms with Gasteiger partial charge in [-0.15, -0.1) is 0 Å². The van der Waals surface area contributed by atoms with Gasteiger partial charge < -0.3 is 29.3 Å². The molecule has 5 aliphatic rings. The van der Waals surface area contributed by atoms with Crippen molar-refractivity contribution in [3.63, 3.8) is 0 Å². The molecule has 0 aromatic heterocycles. The van der Waals surface area contributed by atoms with Gasteiger partial charge in [-0.2, -0.15) is 0 Å². The number of cyclic esters (lactones) is 1. The summed E-state index contributed by atoms with van der Waals surface area (Å²) in [5.41, 5.74) is -0.619. The van der Waals surface area contributed by atoms with E-state index in [1.165, 1.54) is 4.90 Å². The van der Waals surface area contributed by atoms with Crippen molar-refractivity contribution in [2.45, 2.75) is 101 Å². The number of hydrogen-bond donors (Lipinski definition) is 1. The summed E-state index contributed by atoms with van der Waals surface area (Å²) in [6.45, 7) is 3.58. The molecule has 0 unspecified atom stereocenters. The second-order valence-corrected chi connectivity index (χ2v) is 13.3. The SMILES string of the molecule is C[C@@H]1[C@@H](c2ccccc2)OC(=O)[C@@H]2[C@@H]3C=C[C@]4(O3)[C@H](C(=O)N(C3CCCCC3)C/C=C\CCC(=O)N1C)N([C@H](C)CO)C(=O)[C@@H]24. The van der Waals surface area contributed by atoms with E-state index in [4.69, 9.17) is 9.47 Å². The zero-order valence-electron chi connectivity index (χ0n) is 26.4.